The molecule has 0 aliphatic heterocycles. The van der Waals surface area contributed by atoms with Crippen molar-refractivity contribution in [3.63, 3.8) is 0 Å². The van der Waals surface area contributed by atoms with Crippen LogP contribution in [0.5, 0.6) is 0 Å². The number of hydrogen-bond acceptors (Lipinski definition) is 5. The molecule has 0 saturated carbocycles. The maximum atomic E-state index is 11.4. The first-order chi connectivity index (χ1) is 9.20. The van der Waals surface area contributed by atoms with Gasteiger partial charge in [-0.15, -0.1) is 0 Å². The summed E-state index contributed by atoms with van der Waals surface area (Å²) in [4.78, 5) is 19.7. The Kier molecular flexibility index (Phi) is 4.19. The summed E-state index contributed by atoms with van der Waals surface area (Å²) in [7, 11) is 1.47. The van der Waals surface area contributed by atoms with Gasteiger partial charge < -0.3 is 10.1 Å². The number of aromatic nitrogens is 4. The zero-order chi connectivity index (χ0) is 13.7. The molecular formula is C12H15N5O2. The highest BCUT2D eigenvalue weighted by Gasteiger charge is 2.14. The first-order valence-electron chi connectivity index (χ1n) is 5.81. The van der Waals surface area contributed by atoms with E-state index in [1.807, 2.05) is 19.1 Å². The molecule has 7 nitrogen and oxygen atoms in total. The lowest BCUT2D eigenvalue weighted by atomic mass is 10.2. The molecule has 0 spiro atoms. The standard InChI is InChI=1S/C12H15N5O2/c1-8(14-10(18)7-19-2)11-15-12(17-16-11)9-3-5-13-6-4-9/h3-6,8H,7H2,1-2H3,(H,14,18)(H,15,16,17). The SMILES string of the molecule is COCC(=O)NC(C)c1nc(-c2ccncc2)n[nH]1. The minimum atomic E-state index is -0.259. The maximum Gasteiger partial charge on any atom is 0.246 e. The van der Waals surface area contributed by atoms with Crippen LogP contribution in [0.4, 0.5) is 0 Å². The van der Waals surface area contributed by atoms with Crippen LogP contribution in [0.2, 0.25) is 0 Å². The summed E-state index contributed by atoms with van der Waals surface area (Å²) in [5.41, 5.74) is 0.868. The second kappa shape index (κ2) is 6.05. The Morgan fingerprint density at radius 1 is 1.47 bits per heavy atom. The van der Waals surface area contributed by atoms with Crippen LogP contribution < -0.4 is 5.32 Å². The largest absolute Gasteiger partial charge is 0.375 e. The van der Waals surface area contributed by atoms with Gasteiger partial charge in [0.25, 0.3) is 0 Å². The van der Waals surface area contributed by atoms with Crippen LogP contribution >= 0.6 is 0 Å². The monoisotopic (exact) mass is 261 g/mol. The summed E-state index contributed by atoms with van der Waals surface area (Å²) in [6, 6.07) is 3.38. The molecule has 2 N–H and O–H groups in total. The van der Waals surface area contributed by atoms with E-state index in [-0.39, 0.29) is 18.6 Å². The van der Waals surface area contributed by atoms with E-state index in [0.29, 0.717) is 11.6 Å². The van der Waals surface area contributed by atoms with Gasteiger partial charge in [-0.25, -0.2) is 4.98 Å². The van der Waals surface area contributed by atoms with Gasteiger partial charge in [0.05, 0.1) is 6.04 Å². The number of carbonyl (C=O) groups excluding carboxylic acids is 1. The minimum absolute atomic E-state index is 0.0235. The van der Waals surface area contributed by atoms with Crippen molar-refractivity contribution in [1.82, 2.24) is 25.5 Å². The number of methoxy groups -OCH3 is 1. The van der Waals surface area contributed by atoms with Gasteiger partial charge in [-0.3, -0.25) is 14.9 Å². The van der Waals surface area contributed by atoms with Gasteiger partial charge in [0.1, 0.15) is 12.4 Å². The number of nitrogens with zero attached hydrogens (tertiary/aromatic N) is 3. The van der Waals surface area contributed by atoms with E-state index in [1.54, 1.807) is 12.4 Å². The summed E-state index contributed by atoms with van der Waals surface area (Å²) in [6.07, 6.45) is 3.35. The third-order valence-electron chi connectivity index (χ3n) is 2.50. The van der Waals surface area contributed by atoms with Crippen molar-refractivity contribution in [3.05, 3.63) is 30.4 Å². The van der Waals surface area contributed by atoms with E-state index in [2.05, 4.69) is 25.5 Å². The Bertz CT molecular complexity index is 540. The fraction of sp³-hybridized carbons (Fsp3) is 0.333. The Morgan fingerprint density at radius 2 is 2.21 bits per heavy atom. The second-order valence-electron chi connectivity index (χ2n) is 4.00. The average molecular weight is 261 g/mol. The van der Waals surface area contributed by atoms with Gasteiger partial charge in [-0.2, -0.15) is 5.10 Å². The number of nitrogens with one attached hydrogen (secondary N) is 2. The normalized spacial score (nSPS) is 12.1. The molecule has 1 atom stereocenters. The fourth-order valence-corrected chi connectivity index (χ4v) is 1.58. The average Bonchev–Trinajstić information content (AvgIpc) is 2.89. The number of aromatic amines is 1. The molecule has 2 aromatic rings. The number of carbonyl (C=O) groups is 1. The van der Waals surface area contributed by atoms with E-state index in [1.165, 1.54) is 7.11 Å². The van der Waals surface area contributed by atoms with Crippen molar-refractivity contribution in [1.29, 1.82) is 0 Å². The number of H-pyrrole nitrogens is 1. The van der Waals surface area contributed by atoms with Crippen molar-refractivity contribution in [3.8, 4) is 11.4 Å². The Morgan fingerprint density at radius 3 is 2.89 bits per heavy atom. The molecular weight excluding hydrogens is 246 g/mol. The highest BCUT2D eigenvalue weighted by molar-refractivity contribution is 5.77. The van der Waals surface area contributed by atoms with Crippen LogP contribution in [0.25, 0.3) is 11.4 Å². The molecule has 2 aromatic heterocycles. The quantitative estimate of drug-likeness (QED) is 0.826. The first-order valence-corrected chi connectivity index (χ1v) is 5.81. The van der Waals surface area contributed by atoms with Crippen LogP contribution in [-0.2, 0) is 9.53 Å². The zero-order valence-electron chi connectivity index (χ0n) is 10.8. The van der Waals surface area contributed by atoms with Crippen molar-refractivity contribution in [2.75, 3.05) is 13.7 Å². The summed E-state index contributed by atoms with van der Waals surface area (Å²) < 4.78 is 4.75. The number of pyridine rings is 1. The lowest BCUT2D eigenvalue weighted by Gasteiger charge is -2.09. The fourth-order valence-electron chi connectivity index (χ4n) is 1.58. The lowest BCUT2D eigenvalue weighted by Crippen LogP contribution is -2.30. The van der Waals surface area contributed by atoms with E-state index >= 15 is 0 Å². The van der Waals surface area contributed by atoms with Crippen molar-refractivity contribution >= 4 is 5.91 Å². The van der Waals surface area contributed by atoms with Crippen LogP contribution in [0.15, 0.2) is 24.5 Å². The molecule has 0 aliphatic rings. The van der Waals surface area contributed by atoms with Crippen molar-refractivity contribution in [2.24, 2.45) is 0 Å². The summed E-state index contributed by atoms with van der Waals surface area (Å²) in [5, 5.41) is 9.68. The number of hydrogen-bond donors (Lipinski definition) is 2. The molecule has 2 rings (SSSR count). The summed E-state index contributed by atoms with van der Waals surface area (Å²) in [5.74, 6) is 0.971. The molecule has 7 heteroatoms. The molecule has 0 radical (unpaired) electrons. The van der Waals surface area contributed by atoms with Gasteiger partial charge in [0, 0.05) is 25.1 Å². The highest BCUT2D eigenvalue weighted by Crippen LogP contribution is 2.15. The van der Waals surface area contributed by atoms with Crippen LogP contribution in [0, 0.1) is 0 Å². The lowest BCUT2D eigenvalue weighted by molar-refractivity contribution is -0.125. The smallest absolute Gasteiger partial charge is 0.246 e. The molecule has 0 saturated heterocycles. The third kappa shape index (κ3) is 3.35. The van der Waals surface area contributed by atoms with Gasteiger partial charge >= 0.3 is 0 Å². The van der Waals surface area contributed by atoms with E-state index in [9.17, 15) is 4.79 Å². The topological polar surface area (TPSA) is 92.8 Å². The molecule has 0 aromatic carbocycles. The van der Waals surface area contributed by atoms with Crippen LogP contribution in [0.1, 0.15) is 18.8 Å². The Hall–Kier alpha value is -2.28. The summed E-state index contributed by atoms with van der Waals surface area (Å²) >= 11 is 0. The van der Waals surface area contributed by atoms with E-state index in [4.69, 9.17) is 4.74 Å². The number of ether oxygens (including phenoxy) is 1. The van der Waals surface area contributed by atoms with Crippen molar-refractivity contribution in [2.45, 2.75) is 13.0 Å². The second-order valence-corrected chi connectivity index (χ2v) is 4.00. The molecule has 0 bridgehead atoms. The predicted octanol–water partition coefficient (Wildman–Crippen LogP) is 0.690. The molecule has 1 amide bonds. The zero-order valence-corrected chi connectivity index (χ0v) is 10.8. The predicted molar refractivity (Wildman–Crippen MR) is 68.0 cm³/mol. The molecule has 19 heavy (non-hydrogen) atoms. The molecule has 0 fully saturated rings. The molecule has 0 aliphatic carbocycles. The molecule has 2 heterocycles. The number of rotatable bonds is 5. The Balaban J connectivity index is 2.07. The Labute approximate surface area is 110 Å². The molecule has 1 unspecified atom stereocenters. The summed E-state index contributed by atoms with van der Waals surface area (Å²) in [6.45, 7) is 1.85. The van der Waals surface area contributed by atoms with Crippen molar-refractivity contribution < 1.29 is 9.53 Å². The van der Waals surface area contributed by atoms with E-state index in [0.717, 1.165) is 5.56 Å². The maximum absolute atomic E-state index is 11.4. The highest BCUT2D eigenvalue weighted by atomic mass is 16.5. The van der Waals surface area contributed by atoms with Crippen LogP contribution in [0.3, 0.4) is 0 Å². The third-order valence-corrected chi connectivity index (χ3v) is 2.50. The minimum Gasteiger partial charge on any atom is -0.375 e. The van der Waals surface area contributed by atoms with Crippen LogP contribution in [-0.4, -0.2) is 39.8 Å². The van der Waals surface area contributed by atoms with Gasteiger partial charge in [0.15, 0.2) is 5.82 Å². The van der Waals surface area contributed by atoms with Gasteiger partial charge in [-0.1, -0.05) is 0 Å². The first kappa shape index (κ1) is 13.2. The van der Waals surface area contributed by atoms with Gasteiger partial charge in [-0.05, 0) is 19.1 Å². The number of amides is 1. The van der Waals surface area contributed by atoms with Gasteiger partial charge in [0.2, 0.25) is 5.91 Å². The van der Waals surface area contributed by atoms with E-state index < -0.39 is 0 Å². The molecule has 100 valence electrons.